The molecule has 0 aliphatic carbocycles. The first-order chi connectivity index (χ1) is 12.7. The van der Waals surface area contributed by atoms with Gasteiger partial charge in [0.1, 0.15) is 5.58 Å². The van der Waals surface area contributed by atoms with E-state index in [9.17, 15) is 4.79 Å². The minimum absolute atomic E-state index is 0.0744. The van der Waals surface area contributed by atoms with E-state index < -0.39 is 0 Å². The number of aryl methyl sites for hydroxylation is 1. The molecule has 2 aromatic carbocycles. The van der Waals surface area contributed by atoms with Crippen LogP contribution in [0.25, 0.3) is 11.0 Å². The third kappa shape index (κ3) is 4.16. The summed E-state index contributed by atoms with van der Waals surface area (Å²) in [6.07, 6.45) is 6.09. The largest absolute Gasteiger partial charge is 0.450 e. The molecule has 3 rings (SSSR count). The van der Waals surface area contributed by atoms with Crippen molar-refractivity contribution < 1.29 is 9.21 Å². The Kier molecular flexibility index (Phi) is 6.11. The Labute approximate surface area is 155 Å². The number of hydrogen-bond acceptors (Lipinski definition) is 3. The third-order valence-corrected chi connectivity index (χ3v) is 4.70. The number of carbonyl (C=O) groups is 1. The van der Waals surface area contributed by atoms with Crippen LogP contribution in [0.4, 0.5) is 5.69 Å². The van der Waals surface area contributed by atoms with Crippen LogP contribution in [0.15, 0.2) is 52.9 Å². The number of ketones is 1. The second-order valence-corrected chi connectivity index (χ2v) is 6.84. The fourth-order valence-electron chi connectivity index (χ4n) is 3.16. The van der Waals surface area contributed by atoms with Crippen molar-refractivity contribution in [2.45, 2.75) is 46.0 Å². The van der Waals surface area contributed by atoms with Gasteiger partial charge in [-0.25, -0.2) is 0 Å². The van der Waals surface area contributed by atoms with Crippen LogP contribution in [-0.2, 0) is 0 Å². The predicted molar refractivity (Wildman–Crippen MR) is 108 cm³/mol. The van der Waals surface area contributed by atoms with Gasteiger partial charge in [0.2, 0.25) is 5.78 Å². The predicted octanol–water partition coefficient (Wildman–Crippen LogP) is 6.35. The Hall–Kier alpha value is -2.55. The van der Waals surface area contributed by atoms with Gasteiger partial charge in [0, 0.05) is 17.5 Å². The van der Waals surface area contributed by atoms with Crippen LogP contribution >= 0.6 is 0 Å². The Morgan fingerprint density at radius 3 is 2.46 bits per heavy atom. The number of benzene rings is 2. The van der Waals surface area contributed by atoms with Gasteiger partial charge in [-0.15, -0.1) is 0 Å². The number of carbonyl (C=O) groups excluding carboxylic acids is 1. The zero-order valence-electron chi connectivity index (χ0n) is 15.7. The average molecular weight is 349 g/mol. The standard InChI is InChI=1S/C23H27NO2/c1-3-4-5-6-9-16-24-21-19-10-7-8-11-20(19)26-23(21)22(25)18-14-12-17(2)13-15-18/h7-8,10-15,24H,3-6,9,16H2,1-2H3. The highest BCUT2D eigenvalue weighted by Crippen LogP contribution is 2.32. The molecule has 1 aromatic heterocycles. The summed E-state index contributed by atoms with van der Waals surface area (Å²) >= 11 is 0. The van der Waals surface area contributed by atoms with Crippen LogP contribution in [0.5, 0.6) is 0 Å². The summed E-state index contributed by atoms with van der Waals surface area (Å²) in [6.45, 7) is 5.08. The second kappa shape index (κ2) is 8.70. The molecule has 0 atom stereocenters. The second-order valence-electron chi connectivity index (χ2n) is 6.84. The van der Waals surface area contributed by atoms with E-state index in [0.717, 1.165) is 35.2 Å². The van der Waals surface area contributed by atoms with E-state index in [4.69, 9.17) is 4.42 Å². The van der Waals surface area contributed by atoms with E-state index in [0.29, 0.717) is 11.3 Å². The summed E-state index contributed by atoms with van der Waals surface area (Å²) in [4.78, 5) is 13.0. The van der Waals surface area contributed by atoms with E-state index in [1.165, 1.54) is 25.7 Å². The summed E-state index contributed by atoms with van der Waals surface area (Å²) in [7, 11) is 0. The highest BCUT2D eigenvalue weighted by Gasteiger charge is 2.21. The molecule has 0 fully saturated rings. The molecule has 136 valence electrons. The number of anilines is 1. The van der Waals surface area contributed by atoms with Gasteiger partial charge in [-0.2, -0.15) is 0 Å². The SMILES string of the molecule is CCCCCCCNc1c(C(=O)c2ccc(C)cc2)oc2ccccc12. The molecule has 0 aliphatic heterocycles. The van der Waals surface area contributed by atoms with E-state index in [1.54, 1.807) is 0 Å². The van der Waals surface area contributed by atoms with Crippen LogP contribution in [0.2, 0.25) is 0 Å². The minimum atomic E-state index is -0.0744. The fraction of sp³-hybridized carbons (Fsp3) is 0.348. The normalized spacial score (nSPS) is 11.0. The molecule has 3 heteroatoms. The lowest BCUT2D eigenvalue weighted by Crippen LogP contribution is -2.07. The summed E-state index contributed by atoms with van der Waals surface area (Å²) in [5.41, 5.74) is 3.36. The van der Waals surface area contributed by atoms with E-state index in [1.807, 2.05) is 55.5 Å². The topological polar surface area (TPSA) is 42.2 Å². The van der Waals surface area contributed by atoms with Crippen LogP contribution < -0.4 is 5.32 Å². The summed E-state index contributed by atoms with van der Waals surface area (Å²) < 4.78 is 5.93. The van der Waals surface area contributed by atoms with Gasteiger partial charge in [0.15, 0.2) is 5.76 Å². The van der Waals surface area contributed by atoms with Gasteiger partial charge in [0.25, 0.3) is 0 Å². The molecule has 0 saturated carbocycles. The van der Waals surface area contributed by atoms with Crippen molar-refractivity contribution in [1.82, 2.24) is 0 Å². The van der Waals surface area contributed by atoms with Crippen LogP contribution in [0, 0.1) is 6.92 Å². The van der Waals surface area contributed by atoms with E-state index >= 15 is 0 Å². The molecule has 26 heavy (non-hydrogen) atoms. The Morgan fingerprint density at radius 1 is 0.962 bits per heavy atom. The number of nitrogens with one attached hydrogen (secondary N) is 1. The van der Waals surface area contributed by atoms with Gasteiger partial charge in [-0.1, -0.05) is 74.6 Å². The van der Waals surface area contributed by atoms with E-state index in [-0.39, 0.29) is 5.78 Å². The molecule has 1 N–H and O–H groups in total. The lowest BCUT2D eigenvalue weighted by molar-refractivity contribution is 0.101. The van der Waals surface area contributed by atoms with Crippen molar-refractivity contribution in [3.8, 4) is 0 Å². The molecular weight excluding hydrogens is 322 g/mol. The van der Waals surface area contributed by atoms with Gasteiger partial charge < -0.3 is 9.73 Å². The monoisotopic (exact) mass is 349 g/mol. The Morgan fingerprint density at radius 2 is 1.69 bits per heavy atom. The Bertz CT molecular complexity index is 862. The molecule has 3 nitrogen and oxygen atoms in total. The van der Waals surface area contributed by atoms with Crippen molar-refractivity contribution >= 4 is 22.4 Å². The van der Waals surface area contributed by atoms with Crippen molar-refractivity contribution in [3.05, 3.63) is 65.4 Å². The summed E-state index contributed by atoms with van der Waals surface area (Å²) in [6, 6.07) is 15.5. The summed E-state index contributed by atoms with van der Waals surface area (Å²) in [5.74, 6) is 0.332. The number of unbranched alkanes of at least 4 members (excludes halogenated alkanes) is 4. The van der Waals surface area contributed by atoms with Gasteiger partial charge in [0.05, 0.1) is 5.69 Å². The maximum Gasteiger partial charge on any atom is 0.230 e. The zero-order chi connectivity index (χ0) is 18.4. The molecule has 0 spiro atoms. The maximum absolute atomic E-state index is 13.0. The first kappa shape index (κ1) is 18.2. The fourth-order valence-corrected chi connectivity index (χ4v) is 3.16. The van der Waals surface area contributed by atoms with Crippen molar-refractivity contribution in [2.24, 2.45) is 0 Å². The number of furan rings is 1. The molecule has 0 aliphatic rings. The molecule has 3 aromatic rings. The van der Waals surface area contributed by atoms with Gasteiger partial charge >= 0.3 is 0 Å². The average Bonchev–Trinajstić information content (AvgIpc) is 3.03. The smallest absolute Gasteiger partial charge is 0.230 e. The van der Waals surface area contributed by atoms with Crippen molar-refractivity contribution in [2.75, 3.05) is 11.9 Å². The number of rotatable bonds is 9. The zero-order valence-corrected chi connectivity index (χ0v) is 15.7. The Balaban J connectivity index is 1.82. The molecule has 0 radical (unpaired) electrons. The highest BCUT2D eigenvalue weighted by molar-refractivity contribution is 6.14. The molecule has 0 unspecified atom stereocenters. The van der Waals surface area contributed by atoms with Crippen LogP contribution in [0.3, 0.4) is 0 Å². The minimum Gasteiger partial charge on any atom is -0.450 e. The van der Waals surface area contributed by atoms with Crippen LogP contribution in [0.1, 0.15) is 60.7 Å². The van der Waals surface area contributed by atoms with E-state index in [2.05, 4.69) is 12.2 Å². The third-order valence-electron chi connectivity index (χ3n) is 4.70. The number of fused-ring (bicyclic) bond motifs is 1. The number of para-hydroxylation sites is 1. The van der Waals surface area contributed by atoms with Gasteiger partial charge in [-0.05, 0) is 25.5 Å². The molecule has 0 amide bonds. The lowest BCUT2D eigenvalue weighted by atomic mass is 10.1. The lowest BCUT2D eigenvalue weighted by Gasteiger charge is -2.07. The molecular formula is C23H27NO2. The van der Waals surface area contributed by atoms with Crippen LogP contribution in [-0.4, -0.2) is 12.3 Å². The first-order valence-electron chi connectivity index (χ1n) is 9.57. The maximum atomic E-state index is 13.0. The summed E-state index contributed by atoms with van der Waals surface area (Å²) in [5, 5.41) is 4.43. The van der Waals surface area contributed by atoms with Crippen molar-refractivity contribution in [3.63, 3.8) is 0 Å². The van der Waals surface area contributed by atoms with Gasteiger partial charge in [-0.3, -0.25) is 4.79 Å². The molecule has 0 saturated heterocycles. The molecule has 0 bridgehead atoms. The highest BCUT2D eigenvalue weighted by atomic mass is 16.3. The quantitative estimate of drug-likeness (QED) is 0.361. The molecule has 1 heterocycles. The van der Waals surface area contributed by atoms with Crippen molar-refractivity contribution in [1.29, 1.82) is 0 Å². The number of hydrogen-bond donors (Lipinski definition) is 1. The first-order valence-corrected chi connectivity index (χ1v) is 9.57.